The van der Waals surface area contributed by atoms with Crippen LogP contribution < -0.4 is 15.0 Å². The first-order chi connectivity index (χ1) is 18.9. The Morgan fingerprint density at radius 2 is 1.77 bits per heavy atom. The monoisotopic (exact) mass is 522 g/mol. The number of benzene rings is 3. The second-order valence-corrected chi connectivity index (χ2v) is 10.1. The molecule has 4 amide bonds. The number of carbonyl (C=O) groups is 3. The van der Waals surface area contributed by atoms with Gasteiger partial charge in [-0.15, -0.1) is 0 Å². The molecule has 1 aromatic heterocycles. The molecule has 0 radical (unpaired) electrons. The lowest BCUT2D eigenvalue weighted by Gasteiger charge is -2.36. The number of para-hydroxylation sites is 2. The number of H-pyrrole nitrogens is 1. The number of hydrogen-bond acceptors (Lipinski definition) is 4. The number of anilines is 1. The van der Waals surface area contributed by atoms with Crippen LogP contribution in [0.2, 0.25) is 0 Å². The second kappa shape index (κ2) is 9.62. The van der Waals surface area contributed by atoms with Crippen molar-refractivity contribution in [3.05, 3.63) is 95.2 Å². The van der Waals surface area contributed by atoms with Gasteiger partial charge in [0.15, 0.2) is 0 Å². The maximum Gasteiger partial charge on any atom is 0.332 e. The predicted octanol–water partition coefficient (Wildman–Crippen LogP) is 5.19. The van der Waals surface area contributed by atoms with E-state index in [0.717, 1.165) is 34.1 Å². The number of ether oxygens (including phenoxy) is 1. The van der Waals surface area contributed by atoms with Gasteiger partial charge in [0.2, 0.25) is 0 Å². The SMILES string of the molecule is CC[C@@H](C)NC(=O)c1ccccc1N1C(=O)[C@@H]2Cc3c([nH]c4ccccc34)[C@H](c3ccc(OC)cc3)N2C1=O. The zero-order chi connectivity index (χ0) is 27.3. The molecule has 1 fully saturated rings. The van der Waals surface area contributed by atoms with Gasteiger partial charge in [0.05, 0.1) is 18.4 Å². The number of imide groups is 1. The van der Waals surface area contributed by atoms with Crippen LogP contribution in [0.4, 0.5) is 10.5 Å². The minimum atomic E-state index is -0.706. The summed E-state index contributed by atoms with van der Waals surface area (Å²) < 4.78 is 5.36. The van der Waals surface area contributed by atoms with Crippen molar-refractivity contribution >= 4 is 34.4 Å². The molecule has 8 nitrogen and oxygen atoms in total. The summed E-state index contributed by atoms with van der Waals surface area (Å²) in [6, 6.07) is 20.6. The Bertz CT molecular complexity index is 1590. The van der Waals surface area contributed by atoms with Crippen LogP contribution in [0.25, 0.3) is 10.9 Å². The van der Waals surface area contributed by atoms with Gasteiger partial charge < -0.3 is 15.0 Å². The Balaban J connectivity index is 1.47. The van der Waals surface area contributed by atoms with Crippen molar-refractivity contribution in [3.63, 3.8) is 0 Å². The van der Waals surface area contributed by atoms with E-state index in [1.807, 2.05) is 62.4 Å². The predicted molar refractivity (Wildman–Crippen MR) is 149 cm³/mol. The van der Waals surface area contributed by atoms with Gasteiger partial charge in [-0.1, -0.05) is 49.4 Å². The molecule has 1 saturated heterocycles. The maximum atomic E-state index is 14.2. The molecular weight excluding hydrogens is 492 g/mol. The van der Waals surface area contributed by atoms with Gasteiger partial charge >= 0.3 is 6.03 Å². The van der Waals surface area contributed by atoms with E-state index in [0.29, 0.717) is 23.4 Å². The van der Waals surface area contributed by atoms with E-state index >= 15 is 0 Å². The molecule has 0 unspecified atom stereocenters. The number of amides is 4. The third kappa shape index (κ3) is 3.94. The fraction of sp³-hybridized carbons (Fsp3) is 0.258. The molecule has 0 saturated carbocycles. The van der Waals surface area contributed by atoms with Gasteiger partial charge in [0.25, 0.3) is 11.8 Å². The average molecular weight is 523 g/mol. The van der Waals surface area contributed by atoms with Crippen LogP contribution in [0.5, 0.6) is 5.75 Å². The number of hydrogen-bond donors (Lipinski definition) is 2. The van der Waals surface area contributed by atoms with E-state index in [2.05, 4.69) is 10.3 Å². The van der Waals surface area contributed by atoms with Crippen molar-refractivity contribution in [1.29, 1.82) is 0 Å². The van der Waals surface area contributed by atoms with E-state index in [4.69, 9.17) is 4.74 Å². The molecule has 2 N–H and O–H groups in total. The average Bonchev–Trinajstić information content (AvgIpc) is 3.46. The molecule has 2 aliphatic heterocycles. The number of nitrogens with one attached hydrogen (secondary N) is 2. The fourth-order valence-electron chi connectivity index (χ4n) is 5.69. The smallest absolute Gasteiger partial charge is 0.332 e. The fourth-order valence-corrected chi connectivity index (χ4v) is 5.69. The molecule has 6 rings (SSSR count). The van der Waals surface area contributed by atoms with E-state index in [-0.39, 0.29) is 17.9 Å². The summed E-state index contributed by atoms with van der Waals surface area (Å²) in [6.07, 6.45) is 1.15. The lowest BCUT2D eigenvalue weighted by Crippen LogP contribution is -2.44. The van der Waals surface area contributed by atoms with Crippen molar-refractivity contribution < 1.29 is 19.1 Å². The van der Waals surface area contributed by atoms with Crippen LogP contribution in [0.3, 0.4) is 0 Å². The molecule has 39 heavy (non-hydrogen) atoms. The number of methoxy groups -OCH3 is 1. The highest BCUT2D eigenvalue weighted by Gasteiger charge is 2.53. The Morgan fingerprint density at radius 1 is 1.05 bits per heavy atom. The first-order valence-corrected chi connectivity index (χ1v) is 13.2. The molecule has 8 heteroatoms. The Morgan fingerprint density at radius 3 is 2.51 bits per heavy atom. The van der Waals surface area contributed by atoms with Crippen molar-refractivity contribution in [2.75, 3.05) is 12.0 Å². The summed E-state index contributed by atoms with van der Waals surface area (Å²) in [5.74, 6) is 0.0567. The summed E-state index contributed by atoms with van der Waals surface area (Å²) in [4.78, 5) is 47.8. The molecule has 3 atom stereocenters. The van der Waals surface area contributed by atoms with E-state index in [1.54, 1.807) is 36.3 Å². The molecule has 0 spiro atoms. The molecular formula is C31H30N4O4. The lowest BCUT2D eigenvalue weighted by atomic mass is 9.89. The zero-order valence-corrected chi connectivity index (χ0v) is 22.1. The van der Waals surface area contributed by atoms with Gasteiger partial charge in [0.1, 0.15) is 17.8 Å². The first kappa shape index (κ1) is 24.7. The molecule has 3 aromatic carbocycles. The number of urea groups is 1. The minimum absolute atomic E-state index is 0.0420. The number of nitrogens with zero attached hydrogens (tertiary/aromatic N) is 2. The number of carbonyl (C=O) groups excluding carboxylic acids is 3. The largest absolute Gasteiger partial charge is 0.497 e. The van der Waals surface area contributed by atoms with Gasteiger partial charge in [-0.2, -0.15) is 0 Å². The van der Waals surface area contributed by atoms with Crippen molar-refractivity contribution in [1.82, 2.24) is 15.2 Å². The third-order valence-corrected chi connectivity index (χ3v) is 7.86. The Labute approximate surface area is 226 Å². The summed E-state index contributed by atoms with van der Waals surface area (Å²) in [5, 5.41) is 4.00. The summed E-state index contributed by atoms with van der Waals surface area (Å²) >= 11 is 0. The molecule has 4 aromatic rings. The van der Waals surface area contributed by atoms with Crippen LogP contribution in [0.1, 0.15) is 53.5 Å². The van der Waals surface area contributed by atoms with E-state index < -0.39 is 18.1 Å². The van der Waals surface area contributed by atoms with Crippen LogP contribution in [0, 0.1) is 0 Å². The van der Waals surface area contributed by atoms with Crippen LogP contribution in [-0.4, -0.2) is 46.9 Å². The second-order valence-electron chi connectivity index (χ2n) is 10.1. The summed E-state index contributed by atoms with van der Waals surface area (Å²) in [6.45, 7) is 3.91. The minimum Gasteiger partial charge on any atom is -0.497 e. The van der Waals surface area contributed by atoms with Crippen LogP contribution >= 0.6 is 0 Å². The molecule has 0 aliphatic carbocycles. The standard InChI is InChI=1S/C31H30N4O4/c1-4-18(2)32-29(36)22-10-6-8-12-25(22)35-30(37)26-17-23-21-9-5-7-11-24(21)33-27(23)28(34(26)31(35)38)19-13-15-20(39-3)16-14-19/h5-16,18,26,28,33H,4,17H2,1-3H3,(H,32,36)/t18-,26+,28+/m1/s1. The number of aromatic nitrogens is 1. The van der Waals surface area contributed by atoms with Crippen molar-refractivity contribution in [2.45, 2.75) is 44.8 Å². The van der Waals surface area contributed by atoms with E-state index in [9.17, 15) is 14.4 Å². The van der Waals surface area contributed by atoms with Crippen molar-refractivity contribution in [3.8, 4) is 5.75 Å². The van der Waals surface area contributed by atoms with Gasteiger partial charge in [0, 0.05) is 29.1 Å². The Kier molecular flexibility index (Phi) is 6.10. The molecule has 2 aliphatic rings. The number of fused-ring (bicyclic) bond motifs is 4. The van der Waals surface area contributed by atoms with Crippen LogP contribution in [-0.2, 0) is 11.2 Å². The van der Waals surface area contributed by atoms with Gasteiger partial charge in [-0.25, -0.2) is 9.69 Å². The maximum absolute atomic E-state index is 14.2. The van der Waals surface area contributed by atoms with Crippen LogP contribution in [0.15, 0.2) is 72.8 Å². The quantitative estimate of drug-likeness (QED) is 0.341. The first-order valence-electron chi connectivity index (χ1n) is 13.2. The normalized spacial score (nSPS) is 19.2. The lowest BCUT2D eigenvalue weighted by molar-refractivity contribution is -0.120. The summed E-state index contributed by atoms with van der Waals surface area (Å²) in [5.41, 5.74) is 4.33. The number of aromatic amines is 1. The van der Waals surface area contributed by atoms with E-state index in [1.165, 1.54) is 4.90 Å². The van der Waals surface area contributed by atoms with Gasteiger partial charge in [-0.3, -0.25) is 14.5 Å². The summed E-state index contributed by atoms with van der Waals surface area (Å²) in [7, 11) is 1.61. The van der Waals surface area contributed by atoms with Gasteiger partial charge in [-0.05, 0) is 54.8 Å². The highest BCUT2D eigenvalue weighted by molar-refractivity contribution is 6.24. The molecule has 3 heterocycles. The highest BCUT2D eigenvalue weighted by atomic mass is 16.5. The third-order valence-electron chi connectivity index (χ3n) is 7.86. The Hall–Kier alpha value is -4.59. The molecule has 0 bridgehead atoms. The topological polar surface area (TPSA) is 94.7 Å². The zero-order valence-electron chi connectivity index (χ0n) is 22.1. The molecule has 198 valence electrons. The van der Waals surface area contributed by atoms with Crippen molar-refractivity contribution in [2.24, 2.45) is 0 Å². The highest BCUT2D eigenvalue weighted by Crippen LogP contribution is 2.45. The number of rotatable bonds is 6.